The molecule has 0 N–H and O–H groups in total. The minimum atomic E-state index is 0. The second kappa shape index (κ2) is 9.04. The molecule has 1 fully saturated rings. The van der Waals surface area contributed by atoms with Gasteiger partial charge >= 0.3 is 18.9 Å². The summed E-state index contributed by atoms with van der Waals surface area (Å²) in [6, 6.07) is 6.32. The van der Waals surface area contributed by atoms with Gasteiger partial charge in [0.05, 0.1) is 0 Å². The number of hydrogen-bond donors (Lipinski definition) is 0. The fourth-order valence-corrected chi connectivity index (χ4v) is 4.33. The molecule has 1 saturated carbocycles. The maximum atomic E-state index is 12.7. The Morgan fingerprint density at radius 2 is 1.65 bits per heavy atom. The molecule has 1 aromatic carbocycles. The van der Waals surface area contributed by atoms with Crippen molar-refractivity contribution in [3.05, 3.63) is 34.9 Å². The van der Waals surface area contributed by atoms with Crippen molar-refractivity contribution >= 4 is 14.1 Å². The molecule has 1 aliphatic rings. The molecule has 0 unspecified atom stereocenters. The Labute approximate surface area is 137 Å². The third-order valence-electron chi connectivity index (χ3n) is 4.09. The van der Waals surface area contributed by atoms with Crippen molar-refractivity contribution in [2.75, 3.05) is 0 Å². The molecule has 1 aliphatic carbocycles. The molecule has 0 aliphatic heterocycles. The number of rotatable bonds is 5. The van der Waals surface area contributed by atoms with E-state index in [1.165, 1.54) is 43.2 Å². The molecule has 1 nitrogen and oxygen atoms in total. The Balaban J connectivity index is 0.00000200. The molecule has 0 amide bonds. The SMILES string of the molecule is CCc1cccc(CC)c1C(=O)[P-]C1CCCCC1.[Li+]. The van der Waals surface area contributed by atoms with Crippen LogP contribution in [0.2, 0.25) is 0 Å². The van der Waals surface area contributed by atoms with Crippen molar-refractivity contribution in [2.45, 2.75) is 64.5 Å². The van der Waals surface area contributed by atoms with Crippen LogP contribution in [0.5, 0.6) is 0 Å². The number of benzene rings is 1. The summed E-state index contributed by atoms with van der Waals surface area (Å²) in [5.41, 5.74) is 4.46. The van der Waals surface area contributed by atoms with Crippen molar-refractivity contribution in [3.8, 4) is 0 Å². The molecule has 0 aromatic heterocycles. The van der Waals surface area contributed by atoms with Crippen molar-refractivity contribution in [2.24, 2.45) is 0 Å². The first-order valence-electron chi connectivity index (χ1n) is 7.62. The maximum Gasteiger partial charge on any atom is 1.00 e. The molecule has 0 spiro atoms. The van der Waals surface area contributed by atoms with Gasteiger partial charge in [0.2, 0.25) is 0 Å². The van der Waals surface area contributed by atoms with Gasteiger partial charge in [-0.05, 0) is 29.5 Å². The van der Waals surface area contributed by atoms with E-state index >= 15 is 0 Å². The number of hydrogen-bond acceptors (Lipinski definition) is 1. The van der Waals surface area contributed by atoms with Crippen molar-refractivity contribution < 1.29 is 23.7 Å². The van der Waals surface area contributed by atoms with Gasteiger partial charge in [0.25, 0.3) is 0 Å². The van der Waals surface area contributed by atoms with Crippen LogP contribution >= 0.6 is 8.58 Å². The molecule has 0 heterocycles. The molecule has 2 rings (SSSR count). The van der Waals surface area contributed by atoms with Crippen LogP contribution in [0.4, 0.5) is 0 Å². The van der Waals surface area contributed by atoms with Gasteiger partial charge in [0, 0.05) is 5.52 Å². The second-order valence-electron chi connectivity index (χ2n) is 5.38. The van der Waals surface area contributed by atoms with E-state index in [9.17, 15) is 4.79 Å². The standard InChI is InChI=1S/C17H24OP.Li/c1-3-13-9-8-10-14(4-2)16(13)17(18)19-15-11-6-5-7-12-15;/h8-10,15H,3-7,11-12H2,1-2H3;/q-1;+1. The van der Waals surface area contributed by atoms with E-state index in [1.54, 1.807) is 0 Å². The van der Waals surface area contributed by atoms with Crippen LogP contribution in [0, 0.1) is 0 Å². The van der Waals surface area contributed by atoms with Crippen LogP contribution in [0.1, 0.15) is 67.4 Å². The van der Waals surface area contributed by atoms with E-state index in [2.05, 4.69) is 32.0 Å². The third kappa shape index (κ3) is 4.46. The first-order valence-corrected chi connectivity index (χ1v) is 8.58. The van der Waals surface area contributed by atoms with Gasteiger partial charge in [-0.25, -0.2) is 0 Å². The maximum absolute atomic E-state index is 12.7. The van der Waals surface area contributed by atoms with Crippen molar-refractivity contribution in [1.29, 1.82) is 0 Å². The van der Waals surface area contributed by atoms with Crippen molar-refractivity contribution in [1.82, 2.24) is 0 Å². The largest absolute Gasteiger partial charge is 1.00 e. The molecule has 0 bridgehead atoms. The Hall–Kier alpha value is -0.0826. The van der Waals surface area contributed by atoms with E-state index in [1.807, 2.05) is 0 Å². The Bertz CT molecular complexity index is 416. The minimum absolute atomic E-state index is 0. The molecule has 1 aromatic rings. The van der Waals surface area contributed by atoms with Crippen LogP contribution < -0.4 is 18.9 Å². The average Bonchev–Trinajstić information content (AvgIpc) is 2.47. The van der Waals surface area contributed by atoms with Crippen LogP contribution in [0.3, 0.4) is 0 Å². The van der Waals surface area contributed by atoms with Crippen LogP contribution in [0.25, 0.3) is 0 Å². The predicted molar refractivity (Wildman–Crippen MR) is 83.3 cm³/mol. The topological polar surface area (TPSA) is 17.1 Å². The van der Waals surface area contributed by atoms with E-state index < -0.39 is 0 Å². The fourth-order valence-electron chi connectivity index (χ4n) is 2.96. The zero-order chi connectivity index (χ0) is 13.7. The summed E-state index contributed by atoms with van der Waals surface area (Å²) in [7, 11) is 1.04. The van der Waals surface area contributed by atoms with Gasteiger partial charge in [-0.1, -0.05) is 64.2 Å². The number of carbonyl (C=O) groups excluding carboxylic acids is 1. The summed E-state index contributed by atoms with van der Waals surface area (Å²) in [4.78, 5) is 12.7. The summed E-state index contributed by atoms with van der Waals surface area (Å²) >= 11 is 0. The second-order valence-corrected chi connectivity index (χ2v) is 6.78. The number of aryl methyl sites for hydroxylation is 2. The molecule has 0 saturated heterocycles. The molecular weight excluding hydrogens is 258 g/mol. The number of carbonyl (C=O) groups is 1. The normalized spacial score (nSPS) is 16.3. The fraction of sp³-hybridized carbons (Fsp3) is 0.588. The molecule has 104 valence electrons. The summed E-state index contributed by atoms with van der Waals surface area (Å²) in [5, 5.41) is 0. The molecule has 0 radical (unpaired) electrons. The van der Waals surface area contributed by atoms with Gasteiger partial charge in [-0.3, -0.25) is 0 Å². The molecule has 20 heavy (non-hydrogen) atoms. The minimum Gasteiger partial charge on any atom is -0.456 e. The van der Waals surface area contributed by atoms with Gasteiger partial charge in [-0.15, -0.1) is 0 Å². The van der Waals surface area contributed by atoms with Crippen LogP contribution in [-0.4, -0.2) is 11.2 Å². The van der Waals surface area contributed by atoms with Crippen LogP contribution in [0.15, 0.2) is 18.2 Å². The summed E-state index contributed by atoms with van der Waals surface area (Å²) in [6.45, 7) is 4.28. The van der Waals surface area contributed by atoms with E-state index in [-0.39, 0.29) is 18.9 Å². The summed E-state index contributed by atoms with van der Waals surface area (Å²) in [5.74, 6) is 0. The summed E-state index contributed by atoms with van der Waals surface area (Å²) in [6.07, 6.45) is 8.35. The Morgan fingerprint density at radius 3 is 2.15 bits per heavy atom. The van der Waals surface area contributed by atoms with E-state index in [0.29, 0.717) is 11.2 Å². The van der Waals surface area contributed by atoms with Gasteiger partial charge < -0.3 is 13.4 Å². The molecular formula is C17H24LiOP. The molecule has 3 heteroatoms. The quantitative estimate of drug-likeness (QED) is 0.598. The van der Waals surface area contributed by atoms with Gasteiger partial charge in [0.15, 0.2) is 0 Å². The monoisotopic (exact) mass is 282 g/mol. The Kier molecular flexibility index (Phi) is 8.12. The van der Waals surface area contributed by atoms with Crippen LogP contribution in [-0.2, 0) is 12.8 Å². The average molecular weight is 282 g/mol. The predicted octanol–water partition coefficient (Wildman–Crippen LogP) is 2.23. The zero-order valence-corrected chi connectivity index (χ0v) is 14.0. The smallest absolute Gasteiger partial charge is 0.456 e. The van der Waals surface area contributed by atoms with Gasteiger partial charge in [0.1, 0.15) is 0 Å². The molecule has 0 atom stereocenters. The Morgan fingerprint density at radius 1 is 1.10 bits per heavy atom. The van der Waals surface area contributed by atoms with E-state index in [4.69, 9.17) is 0 Å². The first-order chi connectivity index (χ1) is 9.26. The summed E-state index contributed by atoms with van der Waals surface area (Å²) < 4.78 is 0. The van der Waals surface area contributed by atoms with Gasteiger partial charge in [-0.2, -0.15) is 5.66 Å². The van der Waals surface area contributed by atoms with E-state index in [0.717, 1.165) is 27.0 Å². The zero-order valence-electron chi connectivity index (χ0n) is 13.1. The van der Waals surface area contributed by atoms with Crippen molar-refractivity contribution in [3.63, 3.8) is 0 Å². The third-order valence-corrected chi connectivity index (χ3v) is 5.43. The first kappa shape index (κ1) is 18.0.